The van der Waals surface area contributed by atoms with Crippen LogP contribution in [0.15, 0.2) is 42.6 Å². The lowest BCUT2D eigenvalue weighted by Crippen LogP contribution is -2.47. The van der Waals surface area contributed by atoms with Crippen LogP contribution < -0.4 is 0 Å². The first-order chi connectivity index (χ1) is 15.2. The zero-order valence-corrected chi connectivity index (χ0v) is 18.0. The van der Waals surface area contributed by atoms with Crippen molar-refractivity contribution in [1.29, 1.82) is 0 Å². The number of hydrogen-bond acceptors (Lipinski definition) is 5. The van der Waals surface area contributed by atoms with Gasteiger partial charge < -0.3 is 19.5 Å². The summed E-state index contributed by atoms with van der Waals surface area (Å²) < 4.78 is 5.45. The smallest absolute Gasteiger partial charge is 0.253 e. The molecule has 0 unspecified atom stereocenters. The number of nitrogens with zero attached hydrogens (tertiary/aromatic N) is 4. The molecule has 0 aliphatic carbocycles. The Hall–Kier alpha value is -2.74. The molecule has 2 aliphatic rings. The van der Waals surface area contributed by atoms with Crippen LogP contribution in [0.5, 0.6) is 0 Å². The number of rotatable bonds is 4. The number of aromatic amines is 1. The van der Waals surface area contributed by atoms with Crippen LogP contribution in [0.3, 0.4) is 0 Å². The zero-order chi connectivity index (χ0) is 21.2. The van der Waals surface area contributed by atoms with E-state index in [1.54, 1.807) is 0 Å². The molecule has 4 heterocycles. The second kappa shape index (κ2) is 8.78. The van der Waals surface area contributed by atoms with E-state index in [4.69, 9.17) is 4.74 Å². The Morgan fingerprint density at radius 3 is 2.52 bits per heavy atom. The maximum absolute atomic E-state index is 12.8. The van der Waals surface area contributed by atoms with Gasteiger partial charge in [0, 0.05) is 79.7 Å². The number of carbonyl (C=O) groups is 1. The number of ether oxygens (including phenoxy) is 1. The summed E-state index contributed by atoms with van der Waals surface area (Å²) in [7, 11) is 2.09. The average molecular weight is 420 g/mol. The SMILES string of the molecule is CN1CCN(C(=O)c2ccc(-c3nccc4[nH]c(CN5CCOCC5)cc34)cc2)CC1. The van der Waals surface area contributed by atoms with Crippen LogP contribution in [-0.4, -0.2) is 90.1 Å². The van der Waals surface area contributed by atoms with Crippen molar-refractivity contribution in [2.75, 3.05) is 59.5 Å². The summed E-state index contributed by atoms with van der Waals surface area (Å²) in [6.07, 6.45) is 1.84. The van der Waals surface area contributed by atoms with Crippen molar-refractivity contribution in [2.45, 2.75) is 6.54 Å². The lowest BCUT2D eigenvalue weighted by Gasteiger charge is -2.32. The Morgan fingerprint density at radius 2 is 1.77 bits per heavy atom. The summed E-state index contributed by atoms with van der Waals surface area (Å²) >= 11 is 0. The van der Waals surface area contributed by atoms with Gasteiger partial charge in [0.1, 0.15) is 0 Å². The number of fused-ring (bicyclic) bond motifs is 1. The molecule has 2 fully saturated rings. The van der Waals surface area contributed by atoms with Crippen molar-refractivity contribution in [3.05, 3.63) is 53.9 Å². The van der Waals surface area contributed by atoms with Crippen LogP contribution in [0.2, 0.25) is 0 Å². The molecular weight excluding hydrogens is 390 g/mol. The summed E-state index contributed by atoms with van der Waals surface area (Å²) in [4.78, 5) is 27.6. The molecule has 1 amide bonds. The van der Waals surface area contributed by atoms with Gasteiger partial charge in [0.15, 0.2) is 0 Å². The fourth-order valence-electron chi connectivity index (χ4n) is 4.39. The quantitative estimate of drug-likeness (QED) is 0.704. The van der Waals surface area contributed by atoms with E-state index in [-0.39, 0.29) is 5.91 Å². The molecule has 0 radical (unpaired) electrons. The predicted octanol–water partition coefficient (Wildman–Crippen LogP) is 2.45. The van der Waals surface area contributed by atoms with Gasteiger partial charge in [-0.15, -0.1) is 0 Å². The fraction of sp³-hybridized carbons (Fsp3) is 0.417. The number of piperazine rings is 1. The van der Waals surface area contributed by atoms with E-state index in [2.05, 4.69) is 32.9 Å². The molecule has 2 aliphatic heterocycles. The number of aromatic nitrogens is 2. The number of carbonyl (C=O) groups excluding carboxylic acids is 1. The van der Waals surface area contributed by atoms with Gasteiger partial charge in [0.2, 0.25) is 0 Å². The number of benzene rings is 1. The molecule has 1 N–H and O–H groups in total. The monoisotopic (exact) mass is 419 g/mol. The number of likely N-dealkylation sites (N-methyl/N-ethyl adjacent to an activating group) is 1. The fourth-order valence-corrected chi connectivity index (χ4v) is 4.39. The highest BCUT2D eigenvalue weighted by atomic mass is 16.5. The standard InChI is InChI=1S/C24H29N5O2/c1-27-8-10-29(11-9-27)24(30)19-4-2-18(3-5-19)23-21-16-20(26-22(21)6-7-25-23)17-28-12-14-31-15-13-28/h2-7,16,26H,8-15,17H2,1H3. The Labute approximate surface area is 182 Å². The molecule has 7 nitrogen and oxygen atoms in total. The molecule has 0 spiro atoms. The van der Waals surface area contributed by atoms with Gasteiger partial charge in [-0.25, -0.2) is 0 Å². The van der Waals surface area contributed by atoms with E-state index in [0.717, 1.165) is 86.8 Å². The van der Waals surface area contributed by atoms with Crippen molar-refractivity contribution in [1.82, 2.24) is 24.7 Å². The highest BCUT2D eigenvalue weighted by Gasteiger charge is 2.20. The average Bonchev–Trinajstić information content (AvgIpc) is 3.22. The number of morpholine rings is 1. The highest BCUT2D eigenvalue weighted by molar-refractivity contribution is 5.96. The van der Waals surface area contributed by atoms with Gasteiger partial charge in [0.25, 0.3) is 5.91 Å². The van der Waals surface area contributed by atoms with Crippen LogP contribution >= 0.6 is 0 Å². The Morgan fingerprint density at radius 1 is 1.03 bits per heavy atom. The molecule has 2 saturated heterocycles. The Kier molecular flexibility index (Phi) is 5.72. The number of H-pyrrole nitrogens is 1. The van der Waals surface area contributed by atoms with E-state index in [9.17, 15) is 4.79 Å². The van der Waals surface area contributed by atoms with Crippen LogP contribution in [0, 0.1) is 0 Å². The largest absolute Gasteiger partial charge is 0.379 e. The Bertz CT molecular complexity index is 1050. The summed E-state index contributed by atoms with van der Waals surface area (Å²) in [5.74, 6) is 0.111. The van der Waals surface area contributed by atoms with Crippen molar-refractivity contribution in [3.8, 4) is 11.3 Å². The minimum Gasteiger partial charge on any atom is -0.379 e. The molecule has 2 aromatic heterocycles. The summed E-state index contributed by atoms with van der Waals surface area (Å²) in [5, 5.41) is 1.11. The molecule has 5 rings (SSSR count). The number of pyridine rings is 1. The first kappa shape index (κ1) is 20.2. The lowest BCUT2D eigenvalue weighted by molar-refractivity contribution is 0.0337. The number of nitrogens with one attached hydrogen (secondary N) is 1. The summed E-state index contributed by atoms with van der Waals surface area (Å²) in [6.45, 7) is 7.83. The third-order valence-electron chi connectivity index (χ3n) is 6.30. The topological polar surface area (TPSA) is 64.7 Å². The third-order valence-corrected chi connectivity index (χ3v) is 6.30. The normalized spacial score (nSPS) is 18.5. The molecular formula is C24H29N5O2. The van der Waals surface area contributed by atoms with Crippen molar-refractivity contribution in [3.63, 3.8) is 0 Å². The van der Waals surface area contributed by atoms with Gasteiger partial charge >= 0.3 is 0 Å². The van der Waals surface area contributed by atoms with E-state index in [1.807, 2.05) is 41.4 Å². The third kappa shape index (κ3) is 4.35. The lowest BCUT2D eigenvalue weighted by atomic mass is 10.0. The molecule has 0 atom stereocenters. The molecule has 0 saturated carbocycles. The molecule has 7 heteroatoms. The number of hydrogen-bond donors (Lipinski definition) is 1. The molecule has 162 valence electrons. The van der Waals surface area contributed by atoms with Gasteiger partial charge in [-0.2, -0.15) is 0 Å². The van der Waals surface area contributed by atoms with Crippen LogP contribution in [0.1, 0.15) is 16.1 Å². The number of amides is 1. The van der Waals surface area contributed by atoms with Crippen molar-refractivity contribution >= 4 is 16.8 Å². The maximum Gasteiger partial charge on any atom is 0.253 e. The minimum absolute atomic E-state index is 0.111. The first-order valence-electron chi connectivity index (χ1n) is 11.0. The van der Waals surface area contributed by atoms with Crippen LogP contribution in [-0.2, 0) is 11.3 Å². The maximum atomic E-state index is 12.8. The van der Waals surface area contributed by atoms with E-state index >= 15 is 0 Å². The summed E-state index contributed by atoms with van der Waals surface area (Å²) in [6, 6.07) is 12.1. The molecule has 0 bridgehead atoms. The molecule has 3 aromatic rings. The van der Waals surface area contributed by atoms with Gasteiger partial charge in [-0.05, 0) is 31.3 Å². The van der Waals surface area contributed by atoms with E-state index < -0.39 is 0 Å². The van der Waals surface area contributed by atoms with Crippen molar-refractivity contribution in [2.24, 2.45) is 0 Å². The van der Waals surface area contributed by atoms with Gasteiger partial charge in [-0.1, -0.05) is 12.1 Å². The van der Waals surface area contributed by atoms with Crippen LogP contribution in [0.25, 0.3) is 22.2 Å². The van der Waals surface area contributed by atoms with Gasteiger partial charge in [-0.3, -0.25) is 14.7 Å². The second-order valence-electron chi connectivity index (χ2n) is 8.48. The Balaban J connectivity index is 1.35. The second-order valence-corrected chi connectivity index (χ2v) is 8.48. The van der Waals surface area contributed by atoms with E-state index in [0.29, 0.717) is 0 Å². The zero-order valence-electron chi connectivity index (χ0n) is 18.0. The van der Waals surface area contributed by atoms with Crippen LogP contribution in [0.4, 0.5) is 0 Å². The summed E-state index contributed by atoms with van der Waals surface area (Å²) in [5.41, 5.74) is 4.99. The van der Waals surface area contributed by atoms with E-state index in [1.165, 1.54) is 5.69 Å². The molecule has 31 heavy (non-hydrogen) atoms. The predicted molar refractivity (Wildman–Crippen MR) is 121 cm³/mol. The van der Waals surface area contributed by atoms with Crippen molar-refractivity contribution < 1.29 is 9.53 Å². The van der Waals surface area contributed by atoms with Gasteiger partial charge in [0.05, 0.1) is 18.9 Å². The first-order valence-corrected chi connectivity index (χ1v) is 11.0. The highest BCUT2D eigenvalue weighted by Crippen LogP contribution is 2.28. The molecule has 1 aromatic carbocycles. The minimum atomic E-state index is 0.111.